The van der Waals surface area contributed by atoms with Crippen LogP contribution in [0.3, 0.4) is 0 Å². The molecule has 0 aliphatic rings. The van der Waals surface area contributed by atoms with Gasteiger partial charge in [-0.15, -0.1) is 0 Å². The normalized spacial score (nSPS) is 10.5. The number of nitrogens with zero attached hydrogens (tertiary/aromatic N) is 1. The van der Waals surface area contributed by atoms with E-state index in [0.29, 0.717) is 17.2 Å². The van der Waals surface area contributed by atoms with E-state index in [2.05, 4.69) is 16.0 Å². The van der Waals surface area contributed by atoms with Gasteiger partial charge in [0.25, 0.3) is 0 Å². The van der Waals surface area contributed by atoms with Gasteiger partial charge in [-0.05, 0) is 55.0 Å². The van der Waals surface area contributed by atoms with Crippen LogP contribution in [0.15, 0.2) is 77.9 Å². The number of carbonyl (C=O) groups excluding carboxylic acids is 1. The molecule has 0 aromatic heterocycles. The van der Waals surface area contributed by atoms with Crippen LogP contribution in [0.5, 0.6) is 11.5 Å². The van der Waals surface area contributed by atoms with Crippen LogP contribution in [0, 0.1) is 6.92 Å². The molecule has 0 heterocycles. The summed E-state index contributed by atoms with van der Waals surface area (Å²) >= 11 is 0. The predicted molar refractivity (Wildman–Crippen MR) is 117 cm³/mol. The zero-order valence-corrected chi connectivity index (χ0v) is 16.8. The summed E-state index contributed by atoms with van der Waals surface area (Å²) in [6.07, 6.45) is 1.67. The quantitative estimate of drug-likeness (QED) is 0.406. The zero-order chi connectivity index (χ0) is 21.2. The molecule has 0 atom stereocenters. The molecule has 0 amide bonds. The average Bonchev–Trinajstić information content (AvgIpc) is 2.78. The van der Waals surface area contributed by atoms with Gasteiger partial charge < -0.3 is 14.3 Å². The standard InChI is InChI=1S/C23H23N3O4/c1-17-8-11-20(12-9-17)26-30-23(27)16-29-21-13-10-18(14-22(21)28-2)15-24-25-19-6-4-3-5-7-19/h3-15,25-26H,16H2,1-2H3. The van der Waals surface area contributed by atoms with Crippen molar-refractivity contribution in [1.82, 2.24) is 0 Å². The molecule has 0 fully saturated rings. The number of ether oxygens (including phenoxy) is 2. The van der Waals surface area contributed by atoms with Crippen LogP contribution in [-0.2, 0) is 9.63 Å². The number of hydrazone groups is 1. The lowest BCUT2D eigenvalue weighted by molar-refractivity contribution is -0.143. The molecule has 3 rings (SSSR count). The van der Waals surface area contributed by atoms with E-state index in [4.69, 9.17) is 14.3 Å². The molecule has 3 aromatic carbocycles. The SMILES string of the molecule is COc1cc(C=NNc2ccccc2)ccc1OCC(=O)ONc1ccc(C)cc1. The maximum absolute atomic E-state index is 11.9. The number of benzene rings is 3. The second-order valence-corrected chi connectivity index (χ2v) is 6.38. The first-order valence-corrected chi connectivity index (χ1v) is 9.31. The predicted octanol–water partition coefficient (Wildman–Crippen LogP) is 4.40. The Balaban J connectivity index is 1.51. The maximum Gasteiger partial charge on any atom is 0.369 e. The van der Waals surface area contributed by atoms with Crippen molar-refractivity contribution >= 4 is 23.6 Å². The van der Waals surface area contributed by atoms with Gasteiger partial charge in [0.2, 0.25) is 0 Å². The Morgan fingerprint density at radius 2 is 1.73 bits per heavy atom. The van der Waals surface area contributed by atoms with Crippen molar-refractivity contribution in [2.24, 2.45) is 5.10 Å². The third-order valence-electron chi connectivity index (χ3n) is 4.05. The lowest BCUT2D eigenvalue weighted by atomic mass is 10.2. The van der Waals surface area contributed by atoms with Crippen LogP contribution in [0.2, 0.25) is 0 Å². The van der Waals surface area contributed by atoms with Gasteiger partial charge >= 0.3 is 5.97 Å². The average molecular weight is 405 g/mol. The number of carbonyl (C=O) groups is 1. The third kappa shape index (κ3) is 6.27. The first-order chi connectivity index (χ1) is 14.6. The fourth-order valence-corrected chi connectivity index (χ4v) is 2.48. The summed E-state index contributed by atoms with van der Waals surface area (Å²) in [6, 6.07) is 22.4. The first-order valence-electron chi connectivity index (χ1n) is 9.31. The van der Waals surface area contributed by atoms with Crippen LogP contribution >= 0.6 is 0 Å². The Kier molecular flexibility index (Phi) is 7.27. The van der Waals surface area contributed by atoms with Crippen molar-refractivity contribution < 1.29 is 19.1 Å². The molecule has 0 bridgehead atoms. The van der Waals surface area contributed by atoms with Crippen LogP contribution < -0.4 is 20.4 Å². The molecule has 0 aliphatic heterocycles. The number of rotatable bonds is 9. The van der Waals surface area contributed by atoms with Gasteiger partial charge in [0.05, 0.1) is 24.7 Å². The smallest absolute Gasteiger partial charge is 0.369 e. The highest BCUT2D eigenvalue weighted by Gasteiger charge is 2.10. The van der Waals surface area contributed by atoms with Gasteiger partial charge in [0.1, 0.15) is 0 Å². The maximum atomic E-state index is 11.9. The van der Waals surface area contributed by atoms with E-state index in [1.807, 2.05) is 67.6 Å². The Labute approximate surface area is 175 Å². The number of hydrogen-bond acceptors (Lipinski definition) is 7. The molecule has 0 spiro atoms. The van der Waals surface area contributed by atoms with E-state index in [1.54, 1.807) is 18.3 Å². The van der Waals surface area contributed by atoms with E-state index >= 15 is 0 Å². The van der Waals surface area contributed by atoms with Crippen molar-refractivity contribution in [2.75, 3.05) is 24.6 Å². The minimum absolute atomic E-state index is 0.266. The number of aryl methyl sites for hydroxylation is 1. The van der Waals surface area contributed by atoms with Gasteiger partial charge in [0.15, 0.2) is 18.1 Å². The Bertz CT molecular complexity index is 989. The lowest BCUT2D eigenvalue weighted by Gasteiger charge is -2.11. The minimum atomic E-state index is -0.560. The van der Waals surface area contributed by atoms with Gasteiger partial charge in [-0.2, -0.15) is 5.10 Å². The Morgan fingerprint density at radius 1 is 0.967 bits per heavy atom. The highest BCUT2D eigenvalue weighted by atomic mass is 16.7. The fourth-order valence-electron chi connectivity index (χ4n) is 2.48. The largest absolute Gasteiger partial charge is 0.493 e. The number of anilines is 2. The number of nitrogens with one attached hydrogen (secondary N) is 2. The summed E-state index contributed by atoms with van der Waals surface area (Å²) in [5, 5.41) is 4.20. The monoisotopic (exact) mass is 405 g/mol. The molecule has 0 radical (unpaired) electrons. The van der Waals surface area contributed by atoms with Crippen LogP contribution in [-0.4, -0.2) is 25.9 Å². The van der Waals surface area contributed by atoms with E-state index in [9.17, 15) is 4.79 Å². The minimum Gasteiger partial charge on any atom is -0.493 e. The molecule has 0 aliphatic carbocycles. The molecule has 3 aromatic rings. The molecule has 7 heteroatoms. The number of hydrogen-bond donors (Lipinski definition) is 2. The fraction of sp³-hybridized carbons (Fsp3) is 0.130. The highest BCUT2D eigenvalue weighted by molar-refractivity contribution is 5.81. The topological polar surface area (TPSA) is 81.2 Å². The van der Waals surface area contributed by atoms with Crippen molar-refractivity contribution in [2.45, 2.75) is 6.92 Å². The molecule has 154 valence electrons. The Hall–Kier alpha value is -4.00. The van der Waals surface area contributed by atoms with Crippen molar-refractivity contribution in [3.05, 3.63) is 83.9 Å². The van der Waals surface area contributed by atoms with Crippen LogP contribution in [0.4, 0.5) is 11.4 Å². The summed E-state index contributed by atoms with van der Waals surface area (Å²) in [6.45, 7) is 1.71. The molecule has 7 nitrogen and oxygen atoms in total. The molecular formula is C23H23N3O4. The van der Waals surface area contributed by atoms with E-state index in [-0.39, 0.29) is 6.61 Å². The molecule has 30 heavy (non-hydrogen) atoms. The summed E-state index contributed by atoms with van der Waals surface area (Å²) in [7, 11) is 1.53. The summed E-state index contributed by atoms with van der Waals surface area (Å²) in [5.74, 6) is 0.353. The summed E-state index contributed by atoms with van der Waals surface area (Å²) in [4.78, 5) is 16.9. The first kappa shape index (κ1) is 20.7. The van der Waals surface area contributed by atoms with Crippen molar-refractivity contribution in [3.8, 4) is 11.5 Å². The summed E-state index contributed by atoms with van der Waals surface area (Å²) < 4.78 is 10.9. The lowest BCUT2D eigenvalue weighted by Crippen LogP contribution is -2.18. The zero-order valence-electron chi connectivity index (χ0n) is 16.8. The van der Waals surface area contributed by atoms with Crippen LogP contribution in [0.25, 0.3) is 0 Å². The number of para-hydroxylation sites is 1. The molecule has 0 saturated carbocycles. The highest BCUT2D eigenvalue weighted by Crippen LogP contribution is 2.27. The third-order valence-corrected chi connectivity index (χ3v) is 4.05. The van der Waals surface area contributed by atoms with Gasteiger partial charge in [-0.1, -0.05) is 35.9 Å². The summed E-state index contributed by atoms with van der Waals surface area (Å²) in [5.41, 5.74) is 9.04. The van der Waals surface area contributed by atoms with Gasteiger partial charge in [-0.3, -0.25) is 5.43 Å². The van der Waals surface area contributed by atoms with Gasteiger partial charge in [-0.25, -0.2) is 10.3 Å². The van der Waals surface area contributed by atoms with E-state index in [0.717, 1.165) is 16.8 Å². The second kappa shape index (κ2) is 10.5. The molecular weight excluding hydrogens is 382 g/mol. The van der Waals surface area contributed by atoms with Crippen molar-refractivity contribution in [3.63, 3.8) is 0 Å². The van der Waals surface area contributed by atoms with E-state index in [1.165, 1.54) is 7.11 Å². The van der Waals surface area contributed by atoms with Crippen LogP contribution in [0.1, 0.15) is 11.1 Å². The van der Waals surface area contributed by atoms with Gasteiger partial charge in [0, 0.05) is 0 Å². The number of methoxy groups -OCH3 is 1. The molecule has 2 N–H and O–H groups in total. The molecule has 0 saturated heterocycles. The van der Waals surface area contributed by atoms with E-state index < -0.39 is 5.97 Å². The second-order valence-electron chi connectivity index (χ2n) is 6.38. The Morgan fingerprint density at radius 3 is 2.47 bits per heavy atom. The van der Waals surface area contributed by atoms with Crippen molar-refractivity contribution in [1.29, 1.82) is 0 Å². The molecule has 0 unspecified atom stereocenters.